The van der Waals surface area contributed by atoms with Gasteiger partial charge < -0.3 is 0 Å². The number of fused-ring (bicyclic) bond motifs is 1. The predicted molar refractivity (Wildman–Crippen MR) is 34.3 cm³/mol. The molecule has 0 spiro atoms. The van der Waals surface area contributed by atoms with Crippen LogP contribution in [-0.2, 0) is 0 Å². The maximum absolute atomic E-state index is 10.0. The van der Waals surface area contributed by atoms with Gasteiger partial charge in [-0.15, -0.1) is 10.0 Å². The average Bonchev–Trinajstić information content (AvgIpc) is 2.47. The molecule has 2 aromatic rings. The summed E-state index contributed by atoms with van der Waals surface area (Å²) in [6.45, 7) is 0. The molecule has 0 radical (unpaired) electrons. The van der Waals surface area contributed by atoms with E-state index in [1.807, 2.05) is 0 Å². The van der Waals surface area contributed by atoms with Gasteiger partial charge in [0.15, 0.2) is 0 Å². The third-order valence-corrected chi connectivity index (χ3v) is 1.15. The highest BCUT2D eigenvalue weighted by Gasteiger charge is 2.04. The number of rotatable bonds is 1. The van der Waals surface area contributed by atoms with Crippen molar-refractivity contribution in [2.45, 2.75) is 0 Å². The van der Waals surface area contributed by atoms with E-state index in [-0.39, 0.29) is 5.65 Å². The van der Waals surface area contributed by atoms with Crippen LogP contribution in [0.1, 0.15) is 0 Å². The summed E-state index contributed by atoms with van der Waals surface area (Å²) in [5, 5.41) is 9.46. The van der Waals surface area contributed by atoms with Crippen LogP contribution in [0.25, 0.3) is 11.3 Å². The molecule has 0 fully saturated rings. The van der Waals surface area contributed by atoms with Gasteiger partial charge in [0, 0.05) is 12.4 Å². The Morgan fingerprint density at radius 2 is 2.18 bits per heavy atom. The average molecular weight is 150 g/mol. The molecule has 0 aliphatic heterocycles. The Kier molecular flexibility index (Phi) is 1.08. The lowest BCUT2D eigenvalue weighted by atomic mass is 10.7. The molecule has 0 aromatic carbocycles. The first-order valence-corrected chi connectivity index (χ1v) is 2.78. The van der Waals surface area contributed by atoms with Crippen molar-refractivity contribution in [3.8, 4) is 0 Å². The van der Waals surface area contributed by atoms with E-state index in [9.17, 15) is 4.91 Å². The molecular weight excluding hydrogens is 148 g/mol. The Morgan fingerprint density at radius 3 is 3.00 bits per heavy atom. The van der Waals surface area contributed by atoms with Crippen molar-refractivity contribution in [2.24, 2.45) is 5.29 Å². The topological polar surface area (TPSA) is 85.9 Å². The maximum atomic E-state index is 10.0. The highest BCUT2D eigenvalue weighted by atomic mass is 16.3. The Hall–Kier alpha value is -1.92. The van der Waals surface area contributed by atoms with Gasteiger partial charge in [-0.1, -0.05) is 4.79 Å². The van der Waals surface area contributed by atoms with Gasteiger partial charge in [-0.05, 0) is 5.21 Å². The fourth-order valence-corrected chi connectivity index (χ4v) is 0.717. The van der Waals surface area contributed by atoms with E-state index >= 15 is 0 Å². The van der Waals surface area contributed by atoms with Crippen LogP contribution >= 0.6 is 0 Å². The lowest BCUT2D eigenvalue weighted by Crippen LogP contribution is -1.90. The Morgan fingerprint density at radius 1 is 1.36 bits per heavy atom. The zero-order chi connectivity index (χ0) is 7.68. The molecule has 0 bridgehead atoms. The molecule has 0 aliphatic rings. The van der Waals surface area contributed by atoms with E-state index in [0.29, 0.717) is 5.65 Å². The van der Waals surface area contributed by atoms with Crippen LogP contribution in [0.5, 0.6) is 0 Å². The second-order valence-corrected chi connectivity index (χ2v) is 1.76. The number of hydrogen-bond donors (Lipinski definition) is 0. The number of hydrogen-bond acceptors (Lipinski definition) is 6. The summed E-state index contributed by atoms with van der Waals surface area (Å²) < 4.78 is 0. The van der Waals surface area contributed by atoms with Crippen molar-refractivity contribution in [1.82, 2.24) is 25.1 Å². The molecule has 0 saturated heterocycles. The summed E-state index contributed by atoms with van der Waals surface area (Å²) in [7, 11) is 0. The molecule has 54 valence electrons. The molecule has 2 heterocycles. The maximum Gasteiger partial charge on any atom is 0.226 e. The minimum Gasteiger partial charge on any atom is -0.231 e. The summed E-state index contributed by atoms with van der Waals surface area (Å²) in [5.41, 5.74) is 0.578. The van der Waals surface area contributed by atoms with E-state index in [4.69, 9.17) is 0 Å². The molecule has 7 heteroatoms. The van der Waals surface area contributed by atoms with Crippen molar-refractivity contribution in [1.29, 1.82) is 0 Å². The summed E-state index contributed by atoms with van der Waals surface area (Å²) >= 11 is 0. The Labute approximate surface area is 60.0 Å². The molecule has 0 amide bonds. The minimum atomic E-state index is 0.266. The number of nitroso groups, excluding NO2 is 1. The van der Waals surface area contributed by atoms with Crippen molar-refractivity contribution in [2.75, 3.05) is 0 Å². The summed E-state index contributed by atoms with van der Waals surface area (Å²) in [4.78, 5) is 18.4. The van der Waals surface area contributed by atoms with Gasteiger partial charge in [0.2, 0.25) is 11.3 Å². The zero-order valence-electron chi connectivity index (χ0n) is 5.25. The van der Waals surface area contributed by atoms with E-state index in [1.54, 1.807) is 0 Å². The Balaban J connectivity index is 2.86. The zero-order valence-corrected chi connectivity index (χ0v) is 5.25. The second-order valence-electron chi connectivity index (χ2n) is 1.76. The van der Waals surface area contributed by atoms with Gasteiger partial charge in [0.25, 0.3) is 0 Å². The van der Waals surface area contributed by atoms with Crippen molar-refractivity contribution >= 4 is 11.3 Å². The van der Waals surface area contributed by atoms with Crippen LogP contribution in [-0.4, -0.2) is 25.1 Å². The number of aromatic nitrogens is 5. The normalized spacial score (nSPS) is 10.2. The molecular formula is C4H2N6O. The first-order chi connectivity index (χ1) is 5.42. The fraction of sp³-hybridized carbons (Fsp3) is 0. The summed E-state index contributed by atoms with van der Waals surface area (Å²) in [6.07, 6.45) is 2.90. The highest BCUT2D eigenvalue weighted by Crippen LogP contribution is 2.00. The van der Waals surface area contributed by atoms with Crippen LogP contribution in [0.2, 0.25) is 0 Å². The van der Waals surface area contributed by atoms with Gasteiger partial charge >= 0.3 is 0 Å². The molecule has 11 heavy (non-hydrogen) atoms. The molecule has 0 saturated carbocycles. The van der Waals surface area contributed by atoms with E-state index < -0.39 is 0 Å². The van der Waals surface area contributed by atoms with Crippen molar-refractivity contribution in [3.63, 3.8) is 0 Å². The van der Waals surface area contributed by atoms with Crippen LogP contribution in [0.15, 0.2) is 17.7 Å². The standard InChI is InChI=1S/C4H2N6O/c11-9-10-4-3(7-8-10)5-1-2-6-4/h1-2H. The van der Waals surface area contributed by atoms with Crippen molar-refractivity contribution < 1.29 is 0 Å². The first-order valence-electron chi connectivity index (χ1n) is 2.78. The molecule has 0 aliphatic carbocycles. The van der Waals surface area contributed by atoms with Gasteiger partial charge in [-0.2, -0.15) is 0 Å². The van der Waals surface area contributed by atoms with Gasteiger partial charge in [-0.3, -0.25) is 0 Å². The predicted octanol–water partition coefficient (Wildman–Crippen LogP) is -0.249. The molecule has 0 N–H and O–H groups in total. The van der Waals surface area contributed by atoms with Crippen LogP contribution < -0.4 is 0 Å². The van der Waals surface area contributed by atoms with Crippen LogP contribution in [0.3, 0.4) is 0 Å². The lowest BCUT2D eigenvalue weighted by molar-refractivity contribution is 0.702. The van der Waals surface area contributed by atoms with Crippen molar-refractivity contribution in [3.05, 3.63) is 17.3 Å². The third-order valence-electron chi connectivity index (χ3n) is 1.15. The summed E-state index contributed by atoms with van der Waals surface area (Å²) in [6, 6.07) is 0. The van der Waals surface area contributed by atoms with Gasteiger partial charge in [0.1, 0.15) is 0 Å². The fourth-order valence-electron chi connectivity index (χ4n) is 0.717. The van der Waals surface area contributed by atoms with E-state index in [2.05, 4.69) is 25.6 Å². The minimum absolute atomic E-state index is 0.266. The Bertz CT molecular complexity index is 394. The SMILES string of the molecule is O=Nn1nnc2nccnc21. The van der Waals surface area contributed by atoms with Crippen LogP contribution in [0.4, 0.5) is 0 Å². The number of nitrogens with zero attached hydrogens (tertiary/aromatic N) is 6. The molecule has 2 aromatic heterocycles. The summed E-state index contributed by atoms with van der Waals surface area (Å²) in [5.74, 6) is 0. The quantitative estimate of drug-likeness (QED) is 0.523. The van der Waals surface area contributed by atoms with Gasteiger partial charge in [-0.25, -0.2) is 9.97 Å². The first kappa shape index (κ1) is 5.83. The monoisotopic (exact) mass is 150 g/mol. The molecule has 2 rings (SSSR count). The molecule has 7 nitrogen and oxygen atoms in total. The second kappa shape index (κ2) is 2.04. The molecule has 0 unspecified atom stereocenters. The largest absolute Gasteiger partial charge is 0.231 e. The molecule has 0 atom stereocenters. The third kappa shape index (κ3) is 0.741. The highest BCUT2D eigenvalue weighted by molar-refractivity contribution is 5.62. The van der Waals surface area contributed by atoms with E-state index in [0.717, 1.165) is 4.79 Å². The lowest BCUT2D eigenvalue weighted by Gasteiger charge is -1.83. The van der Waals surface area contributed by atoms with Crippen LogP contribution in [0, 0.1) is 4.91 Å². The smallest absolute Gasteiger partial charge is 0.226 e. The van der Waals surface area contributed by atoms with Gasteiger partial charge in [0.05, 0.1) is 5.29 Å². The van der Waals surface area contributed by atoms with E-state index in [1.165, 1.54) is 12.4 Å².